The Labute approximate surface area is 238 Å². The zero-order valence-electron chi connectivity index (χ0n) is 15.3. The molecule has 0 spiro atoms. The number of alkyl halides is 2. The second kappa shape index (κ2) is 11.0. The first kappa shape index (κ1) is 28.7. The molecule has 0 heterocycles. The fourth-order valence-electron chi connectivity index (χ4n) is 2.11. The van der Waals surface area contributed by atoms with Gasteiger partial charge in [-0.1, -0.05) is 0 Å². The lowest BCUT2D eigenvalue weighted by molar-refractivity contribution is -0.385. The van der Waals surface area contributed by atoms with E-state index < -0.39 is 50.1 Å². The predicted octanol–water partition coefficient (Wildman–Crippen LogP) is 4.53. The number of ether oxygens (including phenoxy) is 2. The number of hydrogen-bond donors (Lipinski definition) is 0. The molecule has 0 unspecified atom stereocenters. The predicted molar refractivity (Wildman–Crippen MR) is 140 cm³/mol. The van der Waals surface area contributed by atoms with Crippen LogP contribution in [0.1, 0.15) is 20.7 Å². The summed E-state index contributed by atoms with van der Waals surface area (Å²) < 4.78 is 70.1. The van der Waals surface area contributed by atoms with Gasteiger partial charge in [0.15, 0.2) is 16.7 Å². The largest absolute Gasteiger partial charge is 0.743 e. The third-order valence-electron chi connectivity index (χ3n) is 3.65. The van der Waals surface area contributed by atoms with Gasteiger partial charge in [-0.3, -0.25) is 10.1 Å². The van der Waals surface area contributed by atoms with Gasteiger partial charge < -0.3 is 14.0 Å². The second-order valence-electron chi connectivity index (χ2n) is 5.84. The average molecular weight is 934 g/mol. The molecule has 0 aliphatic heterocycles. The molecule has 10 nitrogen and oxygen atoms in total. The normalized spacial score (nSPS) is 11.7. The topological polar surface area (TPSA) is 153 Å². The fourth-order valence-corrected chi connectivity index (χ4v) is 5.88. The van der Waals surface area contributed by atoms with Crippen LogP contribution in [-0.2, 0) is 14.9 Å². The van der Waals surface area contributed by atoms with Crippen LogP contribution in [-0.4, -0.2) is 41.7 Å². The van der Waals surface area contributed by atoms with Gasteiger partial charge in [0.05, 0.1) is 10.5 Å². The maximum Gasteiger partial charge on any atom is 0.367 e. The van der Waals surface area contributed by atoms with E-state index in [2.05, 4.69) is 4.74 Å². The standard InChI is InChI=1S/C16H7F2I4NO9S/c17-16(18,33(28,29)30)5-31-14(24)7-3-6(1-2-10(7)23(26)27)32-15(25)11-12(21)8(19)4-9(20)13(11)22/h1-4H,5H2,(H,28,29,30)/p-1. The molecule has 178 valence electrons. The maximum absolute atomic E-state index is 13.3. The molecule has 0 bridgehead atoms. The van der Waals surface area contributed by atoms with Gasteiger partial charge >= 0.3 is 17.2 Å². The van der Waals surface area contributed by atoms with Crippen LogP contribution in [0.4, 0.5) is 14.5 Å². The van der Waals surface area contributed by atoms with E-state index in [4.69, 9.17) is 4.74 Å². The number of nitrogens with zero attached hydrogens (tertiary/aromatic N) is 1. The number of nitro benzene ring substituents is 1. The number of rotatable bonds is 7. The van der Waals surface area contributed by atoms with E-state index in [1.54, 1.807) is 0 Å². The fraction of sp³-hybridized carbons (Fsp3) is 0.125. The molecule has 0 N–H and O–H groups in total. The van der Waals surface area contributed by atoms with Crippen molar-refractivity contribution in [2.45, 2.75) is 5.25 Å². The van der Waals surface area contributed by atoms with Crippen LogP contribution < -0.4 is 4.74 Å². The van der Waals surface area contributed by atoms with Crippen LogP contribution >= 0.6 is 90.4 Å². The summed E-state index contributed by atoms with van der Waals surface area (Å²) in [6.07, 6.45) is 0. The van der Waals surface area contributed by atoms with Crippen LogP contribution in [0.15, 0.2) is 24.3 Å². The third kappa shape index (κ3) is 6.78. The summed E-state index contributed by atoms with van der Waals surface area (Å²) >= 11 is 7.91. The third-order valence-corrected chi connectivity index (χ3v) is 10.5. The molecule has 17 heteroatoms. The first-order chi connectivity index (χ1) is 15.1. The van der Waals surface area contributed by atoms with E-state index in [9.17, 15) is 41.5 Å². The Hall–Kier alpha value is -0.530. The van der Waals surface area contributed by atoms with Crippen LogP contribution in [0, 0.1) is 24.4 Å². The highest BCUT2D eigenvalue weighted by Crippen LogP contribution is 2.31. The Morgan fingerprint density at radius 2 is 1.58 bits per heavy atom. The van der Waals surface area contributed by atoms with E-state index in [0.29, 0.717) is 13.2 Å². The molecule has 0 amide bonds. The van der Waals surface area contributed by atoms with Gasteiger partial charge in [-0.2, -0.15) is 8.78 Å². The van der Waals surface area contributed by atoms with Gasteiger partial charge in [-0.05, 0) is 102 Å². The van der Waals surface area contributed by atoms with E-state index in [1.807, 2.05) is 96.4 Å². The van der Waals surface area contributed by atoms with Gasteiger partial charge in [0.2, 0.25) is 0 Å². The monoisotopic (exact) mass is 934 g/mol. The van der Waals surface area contributed by atoms with Crippen molar-refractivity contribution in [3.63, 3.8) is 0 Å². The number of carbonyl (C=O) groups is 2. The van der Waals surface area contributed by atoms with Crippen molar-refractivity contribution in [1.29, 1.82) is 0 Å². The highest BCUT2D eigenvalue weighted by molar-refractivity contribution is 14.1. The molecule has 0 aliphatic carbocycles. The summed E-state index contributed by atoms with van der Waals surface area (Å²) in [5.41, 5.74) is -1.58. The minimum absolute atomic E-state index is 0.204. The molecule has 2 aromatic carbocycles. The summed E-state index contributed by atoms with van der Waals surface area (Å²) in [4.78, 5) is 35.1. The highest BCUT2D eigenvalue weighted by Gasteiger charge is 2.40. The molecule has 0 saturated heterocycles. The Morgan fingerprint density at radius 3 is 2.06 bits per heavy atom. The summed E-state index contributed by atoms with van der Waals surface area (Å²) in [6, 6.07) is 4.32. The smallest absolute Gasteiger partial charge is 0.367 e. The number of benzene rings is 2. The first-order valence-corrected chi connectivity index (χ1v) is 13.6. The van der Waals surface area contributed by atoms with Crippen molar-refractivity contribution in [3.05, 3.63) is 59.8 Å². The van der Waals surface area contributed by atoms with E-state index in [1.165, 1.54) is 0 Å². The molecule has 0 radical (unpaired) electrons. The first-order valence-electron chi connectivity index (χ1n) is 7.91. The molecule has 0 aromatic heterocycles. The Morgan fingerprint density at radius 1 is 1.03 bits per heavy atom. The SMILES string of the molecule is O=C(OCC(F)(F)S(=O)(=O)[O-])c1cc(OC(=O)c2c(I)c(I)cc(I)c2I)ccc1[N+](=O)[O-]. The lowest BCUT2D eigenvalue weighted by atomic mass is 10.1. The van der Waals surface area contributed by atoms with E-state index >= 15 is 0 Å². The van der Waals surface area contributed by atoms with Crippen molar-refractivity contribution in [2.75, 3.05) is 6.61 Å². The molecule has 0 saturated carbocycles. The quantitative estimate of drug-likeness (QED) is 0.0742. The zero-order chi connectivity index (χ0) is 25.3. The van der Waals surface area contributed by atoms with E-state index in [0.717, 1.165) is 19.3 Å². The van der Waals surface area contributed by atoms with Crippen molar-refractivity contribution < 1.29 is 45.7 Å². The summed E-state index contributed by atoms with van der Waals surface area (Å²) in [5.74, 6) is -2.92. The van der Waals surface area contributed by atoms with Crippen LogP contribution in [0.2, 0.25) is 0 Å². The van der Waals surface area contributed by atoms with Gasteiger partial charge in [-0.15, -0.1) is 0 Å². The maximum atomic E-state index is 13.3. The molecule has 2 rings (SSSR count). The Balaban J connectivity index is 2.39. The molecule has 2 aromatic rings. The summed E-state index contributed by atoms with van der Waals surface area (Å²) in [7, 11) is -6.14. The lowest BCUT2D eigenvalue weighted by Crippen LogP contribution is -2.34. The summed E-state index contributed by atoms with van der Waals surface area (Å²) in [5, 5.41) is 6.25. The minimum Gasteiger partial charge on any atom is -0.743 e. The number of halogens is 6. The van der Waals surface area contributed by atoms with Crippen molar-refractivity contribution in [1.82, 2.24) is 0 Å². The lowest BCUT2D eigenvalue weighted by Gasteiger charge is -2.19. The molecule has 0 fully saturated rings. The van der Waals surface area contributed by atoms with Gasteiger partial charge in [0, 0.05) is 26.4 Å². The van der Waals surface area contributed by atoms with E-state index in [-0.39, 0.29) is 11.3 Å². The number of nitro groups is 1. The number of esters is 2. The average Bonchev–Trinajstić information content (AvgIpc) is 2.69. The Kier molecular flexibility index (Phi) is 9.59. The zero-order valence-corrected chi connectivity index (χ0v) is 24.8. The van der Waals surface area contributed by atoms with Crippen molar-refractivity contribution in [2.24, 2.45) is 0 Å². The van der Waals surface area contributed by atoms with Gasteiger partial charge in [0.25, 0.3) is 5.69 Å². The highest BCUT2D eigenvalue weighted by atomic mass is 127. The van der Waals surface area contributed by atoms with Gasteiger partial charge in [-0.25, -0.2) is 18.0 Å². The molecule has 33 heavy (non-hydrogen) atoms. The van der Waals surface area contributed by atoms with Gasteiger partial charge in [0.1, 0.15) is 11.3 Å². The molecule has 0 atom stereocenters. The minimum atomic E-state index is -6.14. The van der Waals surface area contributed by atoms with Crippen molar-refractivity contribution in [3.8, 4) is 5.75 Å². The number of hydrogen-bond acceptors (Lipinski definition) is 9. The van der Waals surface area contributed by atoms with Crippen molar-refractivity contribution >= 4 is 118 Å². The number of carbonyl (C=O) groups excluding carboxylic acids is 2. The van der Waals surface area contributed by atoms with Crippen LogP contribution in [0.5, 0.6) is 5.75 Å². The van der Waals surface area contributed by atoms with Crippen LogP contribution in [0.3, 0.4) is 0 Å². The molecular formula is C16H6F2I4NO9S-. The molecule has 0 aliphatic rings. The summed E-state index contributed by atoms with van der Waals surface area (Å²) in [6.45, 7) is -2.16. The van der Waals surface area contributed by atoms with Crippen LogP contribution in [0.25, 0.3) is 0 Å². The molecular weight excluding hydrogens is 928 g/mol. The second-order valence-corrected chi connectivity index (χ2v) is 11.8. The Bertz CT molecular complexity index is 1240.